The second-order valence-corrected chi connectivity index (χ2v) is 5.26. The summed E-state index contributed by atoms with van der Waals surface area (Å²) in [6.45, 7) is 3.41. The summed E-state index contributed by atoms with van der Waals surface area (Å²) in [7, 11) is 0. The molecule has 4 heteroatoms. The Morgan fingerprint density at radius 1 is 1.47 bits per heavy atom. The van der Waals surface area contributed by atoms with Crippen molar-refractivity contribution in [3.8, 4) is 0 Å². The third kappa shape index (κ3) is 5.87. The normalized spacial score (nSPS) is 12.7. The van der Waals surface area contributed by atoms with Gasteiger partial charge in [0.05, 0.1) is 6.10 Å². The van der Waals surface area contributed by atoms with Gasteiger partial charge in [0.25, 0.3) is 0 Å². The van der Waals surface area contributed by atoms with Gasteiger partial charge in [-0.2, -0.15) is 0 Å². The van der Waals surface area contributed by atoms with E-state index in [0.29, 0.717) is 18.1 Å². The predicted octanol–water partition coefficient (Wildman–Crippen LogP) is 3.82. The molecule has 1 aromatic rings. The van der Waals surface area contributed by atoms with E-state index < -0.39 is 0 Å². The molecule has 1 atom stereocenters. The largest absolute Gasteiger partial charge is 0.393 e. The van der Waals surface area contributed by atoms with Gasteiger partial charge in [-0.1, -0.05) is 33.6 Å². The molecule has 0 amide bonds. The van der Waals surface area contributed by atoms with E-state index in [2.05, 4.69) is 15.9 Å². The summed E-state index contributed by atoms with van der Waals surface area (Å²) in [5.74, 6) is 0. The molecule has 0 bridgehead atoms. The number of aliphatic hydroxyl groups is 1. The van der Waals surface area contributed by atoms with Crippen LogP contribution in [0.3, 0.4) is 0 Å². The number of rotatable bonds is 7. The minimum absolute atomic E-state index is 0.353. The first kappa shape index (κ1) is 15.0. The van der Waals surface area contributed by atoms with Crippen LogP contribution in [-0.2, 0) is 11.2 Å². The summed E-state index contributed by atoms with van der Waals surface area (Å²) < 4.78 is 6.19. The lowest BCUT2D eigenvalue weighted by Crippen LogP contribution is -2.12. The molecule has 0 aliphatic carbocycles. The van der Waals surface area contributed by atoms with Crippen LogP contribution in [0.5, 0.6) is 0 Å². The zero-order chi connectivity index (χ0) is 12.7. The molecule has 0 radical (unpaired) electrons. The summed E-state index contributed by atoms with van der Waals surface area (Å²) in [6.07, 6.45) is 1.86. The summed E-state index contributed by atoms with van der Waals surface area (Å²) in [6, 6.07) is 5.73. The molecule has 1 unspecified atom stereocenters. The van der Waals surface area contributed by atoms with Crippen molar-refractivity contribution in [3.63, 3.8) is 0 Å². The second kappa shape index (κ2) is 8.09. The molecule has 0 saturated heterocycles. The Hall–Kier alpha value is -0.0900. The molecule has 0 saturated carbocycles. The van der Waals surface area contributed by atoms with Crippen molar-refractivity contribution in [3.05, 3.63) is 33.3 Å². The molecule has 1 aromatic carbocycles. The van der Waals surface area contributed by atoms with Crippen molar-refractivity contribution in [1.82, 2.24) is 0 Å². The maximum Gasteiger partial charge on any atom is 0.0581 e. The van der Waals surface area contributed by atoms with Crippen molar-refractivity contribution in [2.75, 3.05) is 13.2 Å². The fourth-order valence-corrected chi connectivity index (χ4v) is 2.36. The molecular weight excluding hydrogens is 303 g/mol. The van der Waals surface area contributed by atoms with E-state index in [1.807, 2.05) is 25.1 Å². The van der Waals surface area contributed by atoms with E-state index >= 15 is 0 Å². The predicted molar refractivity (Wildman–Crippen MR) is 74.6 cm³/mol. The van der Waals surface area contributed by atoms with Gasteiger partial charge in [0.15, 0.2) is 0 Å². The van der Waals surface area contributed by atoms with Crippen LogP contribution < -0.4 is 0 Å². The first-order valence-electron chi connectivity index (χ1n) is 5.83. The first-order valence-corrected chi connectivity index (χ1v) is 7.00. The molecule has 0 spiro atoms. The van der Waals surface area contributed by atoms with Crippen LogP contribution in [0.15, 0.2) is 22.7 Å². The van der Waals surface area contributed by atoms with Crippen LogP contribution >= 0.6 is 27.5 Å². The van der Waals surface area contributed by atoms with E-state index in [-0.39, 0.29) is 6.10 Å². The van der Waals surface area contributed by atoms with Gasteiger partial charge in [-0.15, -0.1) is 0 Å². The first-order chi connectivity index (χ1) is 8.13. The molecule has 17 heavy (non-hydrogen) atoms. The number of halogens is 2. The molecule has 1 N–H and O–H groups in total. The van der Waals surface area contributed by atoms with Crippen LogP contribution in [0.1, 0.15) is 25.3 Å². The van der Waals surface area contributed by atoms with Crippen molar-refractivity contribution >= 4 is 27.5 Å². The monoisotopic (exact) mass is 320 g/mol. The Labute approximate surface area is 116 Å². The Kier molecular flexibility index (Phi) is 7.12. The van der Waals surface area contributed by atoms with Crippen LogP contribution in [0, 0.1) is 0 Å². The minimum Gasteiger partial charge on any atom is -0.393 e. The Bertz CT molecular complexity index is 344. The highest BCUT2D eigenvalue weighted by Gasteiger charge is 2.08. The third-order valence-corrected chi connectivity index (χ3v) is 3.35. The van der Waals surface area contributed by atoms with Gasteiger partial charge in [0.1, 0.15) is 0 Å². The molecular formula is C13H18BrClO2. The van der Waals surface area contributed by atoms with Gasteiger partial charge in [-0.25, -0.2) is 0 Å². The highest BCUT2D eigenvalue weighted by Crippen LogP contribution is 2.23. The van der Waals surface area contributed by atoms with Gasteiger partial charge in [-0.05, 0) is 43.9 Å². The lowest BCUT2D eigenvalue weighted by molar-refractivity contribution is 0.114. The molecule has 2 nitrogen and oxygen atoms in total. The molecule has 96 valence electrons. The van der Waals surface area contributed by atoms with Crippen molar-refractivity contribution in [2.45, 2.75) is 32.3 Å². The van der Waals surface area contributed by atoms with Gasteiger partial charge in [0, 0.05) is 22.7 Å². The smallest absolute Gasteiger partial charge is 0.0581 e. The zero-order valence-corrected chi connectivity index (χ0v) is 12.3. The topological polar surface area (TPSA) is 29.5 Å². The summed E-state index contributed by atoms with van der Waals surface area (Å²) in [5.41, 5.74) is 0.985. The fourth-order valence-electron chi connectivity index (χ4n) is 1.61. The second-order valence-electron chi connectivity index (χ2n) is 3.93. The quantitative estimate of drug-likeness (QED) is 0.774. The Balaban J connectivity index is 2.37. The SMILES string of the molecule is CCOCCCC(O)Cc1ccc(Br)cc1Cl. The maximum atomic E-state index is 9.87. The molecule has 0 aromatic heterocycles. The van der Waals surface area contributed by atoms with Crippen LogP contribution in [0.25, 0.3) is 0 Å². The number of aliphatic hydroxyl groups excluding tert-OH is 1. The molecule has 1 rings (SSSR count). The van der Waals surface area contributed by atoms with Crippen LogP contribution in [-0.4, -0.2) is 24.4 Å². The fraction of sp³-hybridized carbons (Fsp3) is 0.538. The van der Waals surface area contributed by atoms with E-state index in [1.165, 1.54) is 0 Å². The number of hydrogen-bond acceptors (Lipinski definition) is 2. The lowest BCUT2D eigenvalue weighted by atomic mass is 10.0. The van der Waals surface area contributed by atoms with E-state index in [0.717, 1.165) is 29.5 Å². The maximum absolute atomic E-state index is 9.87. The third-order valence-electron chi connectivity index (χ3n) is 2.50. The molecule has 0 heterocycles. The van der Waals surface area contributed by atoms with Gasteiger partial charge >= 0.3 is 0 Å². The van der Waals surface area contributed by atoms with Crippen LogP contribution in [0.2, 0.25) is 5.02 Å². The average molecular weight is 322 g/mol. The zero-order valence-electron chi connectivity index (χ0n) is 9.96. The standard InChI is InChI=1S/C13H18BrClO2/c1-2-17-7-3-4-12(16)8-10-5-6-11(14)9-13(10)15/h5-6,9,12,16H,2-4,7-8H2,1H3. The molecule has 0 fully saturated rings. The van der Waals surface area contributed by atoms with E-state index in [4.69, 9.17) is 16.3 Å². The minimum atomic E-state index is -0.353. The highest BCUT2D eigenvalue weighted by atomic mass is 79.9. The molecule has 0 aliphatic heterocycles. The van der Waals surface area contributed by atoms with Crippen LogP contribution in [0.4, 0.5) is 0 Å². The van der Waals surface area contributed by atoms with Gasteiger partial charge in [-0.3, -0.25) is 0 Å². The average Bonchev–Trinajstić information content (AvgIpc) is 2.28. The molecule has 0 aliphatic rings. The summed E-state index contributed by atoms with van der Waals surface area (Å²) in [4.78, 5) is 0. The highest BCUT2D eigenvalue weighted by molar-refractivity contribution is 9.10. The number of hydrogen-bond donors (Lipinski definition) is 1. The van der Waals surface area contributed by atoms with Crippen molar-refractivity contribution < 1.29 is 9.84 Å². The van der Waals surface area contributed by atoms with Gasteiger partial charge in [0.2, 0.25) is 0 Å². The number of ether oxygens (including phenoxy) is 1. The number of benzene rings is 1. The lowest BCUT2D eigenvalue weighted by Gasteiger charge is -2.12. The van der Waals surface area contributed by atoms with Crippen molar-refractivity contribution in [1.29, 1.82) is 0 Å². The summed E-state index contributed by atoms with van der Waals surface area (Å²) >= 11 is 9.45. The van der Waals surface area contributed by atoms with Gasteiger partial charge < -0.3 is 9.84 Å². The van der Waals surface area contributed by atoms with E-state index in [1.54, 1.807) is 0 Å². The Morgan fingerprint density at radius 2 is 2.24 bits per heavy atom. The van der Waals surface area contributed by atoms with Crippen molar-refractivity contribution in [2.24, 2.45) is 0 Å². The van der Waals surface area contributed by atoms with E-state index in [9.17, 15) is 5.11 Å². The summed E-state index contributed by atoms with van der Waals surface area (Å²) in [5, 5.41) is 10.6. The Morgan fingerprint density at radius 3 is 2.88 bits per heavy atom.